The average Bonchev–Trinajstić information content (AvgIpc) is 2.03. The summed E-state index contributed by atoms with van der Waals surface area (Å²) in [7, 11) is 0. The molecule has 1 amide bonds. The van der Waals surface area contributed by atoms with Crippen LogP contribution in [-0.4, -0.2) is 5.91 Å². The molecule has 0 rings (SSSR count). The van der Waals surface area contributed by atoms with E-state index in [1.807, 2.05) is 6.92 Å². The molecule has 0 radical (unpaired) electrons. The summed E-state index contributed by atoms with van der Waals surface area (Å²) in [6.07, 6.45) is 1.98. The second kappa shape index (κ2) is 5.18. The summed E-state index contributed by atoms with van der Waals surface area (Å²) in [6, 6.07) is 0. The number of carbonyl (C=O) groups is 1. The Hall–Kier alpha value is -0.530. The predicted molar refractivity (Wildman–Crippen MR) is 51.6 cm³/mol. The van der Waals surface area contributed by atoms with Gasteiger partial charge < -0.3 is 5.73 Å². The summed E-state index contributed by atoms with van der Waals surface area (Å²) >= 11 is 0. The third-order valence-corrected chi connectivity index (χ3v) is 2.98. The van der Waals surface area contributed by atoms with Crippen LogP contribution in [0.25, 0.3) is 0 Å². The van der Waals surface area contributed by atoms with Gasteiger partial charge in [-0.25, -0.2) is 0 Å². The third kappa shape index (κ3) is 2.84. The van der Waals surface area contributed by atoms with Crippen LogP contribution >= 0.6 is 0 Å². The Morgan fingerprint density at radius 3 is 2.00 bits per heavy atom. The third-order valence-electron chi connectivity index (χ3n) is 2.98. The minimum absolute atomic E-state index is 0.0555. The van der Waals surface area contributed by atoms with Crippen molar-refractivity contribution < 1.29 is 4.79 Å². The van der Waals surface area contributed by atoms with Gasteiger partial charge in [-0.3, -0.25) is 4.79 Å². The van der Waals surface area contributed by atoms with Gasteiger partial charge in [0.15, 0.2) is 0 Å². The molecular weight excluding hydrogens is 150 g/mol. The van der Waals surface area contributed by atoms with Gasteiger partial charge in [0.25, 0.3) is 0 Å². The first-order chi connectivity index (χ1) is 5.54. The van der Waals surface area contributed by atoms with Crippen LogP contribution in [0.3, 0.4) is 0 Å². The Bertz CT molecular complexity index is 145. The van der Waals surface area contributed by atoms with Crippen molar-refractivity contribution in [2.45, 2.75) is 40.5 Å². The van der Waals surface area contributed by atoms with Gasteiger partial charge in [0.05, 0.1) is 0 Å². The van der Waals surface area contributed by atoms with Gasteiger partial charge in [-0.1, -0.05) is 34.1 Å². The quantitative estimate of drug-likeness (QED) is 0.677. The fraction of sp³-hybridized carbons (Fsp3) is 0.900. The first-order valence-corrected chi connectivity index (χ1v) is 4.83. The van der Waals surface area contributed by atoms with Gasteiger partial charge in [0.2, 0.25) is 5.91 Å². The molecule has 0 bridgehead atoms. The van der Waals surface area contributed by atoms with Crippen molar-refractivity contribution in [3.8, 4) is 0 Å². The zero-order valence-electron chi connectivity index (χ0n) is 8.63. The zero-order valence-corrected chi connectivity index (χ0v) is 8.63. The van der Waals surface area contributed by atoms with Crippen molar-refractivity contribution in [3.05, 3.63) is 0 Å². The second-order valence-electron chi connectivity index (χ2n) is 3.66. The fourth-order valence-electron chi connectivity index (χ4n) is 1.60. The maximum absolute atomic E-state index is 11.0. The van der Waals surface area contributed by atoms with E-state index < -0.39 is 0 Å². The van der Waals surface area contributed by atoms with Crippen molar-refractivity contribution in [2.24, 2.45) is 23.5 Å². The molecule has 0 aromatic rings. The van der Waals surface area contributed by atoms with Crippen molar-refractivity contribution >= 4 is 5.91 Å². The Balaban J connectivity index is 4.20. The van der Waals surface area contributed by atoms with Crippen LogP contribution in [0.5, 0.6) is 0 Å². The number of hydrogen-bond donors (Lipinski definition) is 1. The van der Waals surface area contributed by atoms with E-state index in [-0.39, 0.29) is 11.8 Å². The van der Waals surface area contributed by atoms with Crippen LogP contribution in [0.1, 0.15) is 40.5 Å². The number of primary amides is 1. The summed E-state index contributed by atoms with van der Waals surface area (Å²) in [4.78, 5) is 11.0. The van der Waals surface area contributed by atoms with E-state index in [1.54, 1.807) is 0 Å². The molecule has 2 unspecified atom stereocenters. The molecule has 0 saturated heterocycles. The molecule has 0 fully saturated rings. The molecule has 0 aliphatic carbocycles. The Labute approximate surface area is 75.5 Å². The first-order valence-electron chi connectivity index (χ1n) is 4.83. The minimum Gasteiger partial charge on any atom is -0.369 e. The highest BCUT2D eigenvalue weighted by atomic mass is 16.1. The lowest BCUT2D eigenvalue weighted by Gasteiger charge is -2.24. The van der Waals surface area contributed by atoms with Crippen LogP contribution in [-0.2, 0) is 4.79 Å². The number of hydrogen-bond acceptors (Lipinski definition) is 1. The highest BCUT2D eigenvalue weighted by Gasteiger charge is 2.24. The summed E-state index contributed by atoms with van der Waals surface area (Å²) in [6.45, 7) is 8.46. The summed E-state index contributed by atoms with van der Waals surface area (Å²) in [5.74, 6) is 0.908. The van der Waals surface area contributed by atoms with E-state index in [2.05, 4.69) is 20.8 Å². The van der Waals surface area contributed by atoms with E-state index >= 15 is 0 Å². The molecule has 72 valence electrons. The molecule has 3 atom stereocenters. The molecule has 0 heterocycles. The van der Waals surface area contributed by atoms with Gasteiger partial charge in [-0.05, 0) is 18.3 Å². The number of carbonyl (C=O) groups excluding carboxylic acids is 1. The summed E-state index contributed by atoms with van der Waals surface area (Å²) < 4.78 is 0. The van der Waals surface area contributed by atoms with Gasteiger partial charge in [-0.15, -0.1) is 0 Å². The molecule has 0 aromatic heterocycles. The normalized spacial score (nSPS) is 18.3. The van der Waals surface area contributed by atoms with Crippen LogP contribution in [0.2, 0.25) is 0 Å². The van der Waals surface area contributed by atoms with E-state index in [4.69, 9.17) is 5.73 Å². The molecule has 12 heavy (non-hydrogen) atoms. The molecule has 0 spiro atoms. The number of rotatable bonds is 5. The highest BCUT2D eigenvalue weighted by Crippen LogP contribution is 2.25. The molecule has 2 N–H and O–H groups in total. The van der Waals surface area contributed by atoms with Crippen LogP contribution in [0, 0.1) is 17.8 Å². The number of nitrogens with two attached hydrogens (primary N) is 1. The Morgan fingerprint density at radius 2 is 1.75 bits per heavy atom. The van der Waals surface area contributed by atoms with Crippen molar-refractivity contribution in [1.29, 1.82) is 0 Å². The standard InChI is InChI=1S/C10H21NO/c1-5-7(3)8(4)9(6-2)10(11)12/h7-9H,5-6H2,1-4H3,(H2,11,12)/t7-,8?,9?/m1/s1. The predicted octanol–water partition coefficient (Wildman–Crippen LogP) is 2.18. The average molecular weight is 171 g/mol. The lowest BCUT2D eigenvalue weighted by Crippen LogP contribution is -2.31. The van der Waals surface area contributed by atoms with Crippen molar-refractivity contribution in [2.75, 3.05) is 0 Å². The molecular formula is C10H21NO. The summed E-state index contributed by atoms with van der Waals surface area (Å²) in [5.41, 5.74) is 5.30. The Morgan fingerprint density at radius 1 is 1.25 bits per heavy atom. The van der Waals surface area contributed by atoms with Gasteiger partial charge >= 0.3 is 0 Å². The van der Waals surface area contributed by atoms with Crippen LogP contribution in [0.4, 0.5) is 0 Å². The van der Waals surface area contributed by atoms with E-state index in [1.165, 1.54) is 0 Å². The van der Waals surface area contributed by atoms with Gasteiger partial charge in [0, 0.05) is 5.92 Å². The van der Waals surface area contributed by atoms with Crippen molar-refractivity contribution in [3.63, 3.8) is 0 Å². The maximum Gasteiger partial charge on any atom is 0.220 e. The molecule has 0 aromatic carbocycles. The van der Waals surface area contributed by atoms with E-state index in [9.17, 15) is 4.79 Å². The molecule has 0 aliphatic rings. The summed E-state index contributed by atoms with van der Waals surface area (Å²) in [5, 5.41) is 0. The smallest absolute Gasteiger partial charge is 0.220 e. The van der Waals surface area contributed by atoms with Crippen LogP contribution < -0.4 is 5.73 Å². The lowest BCUT2D eigenvalue weighted by atomic mass is 9.81. The first kappa shape index (κ1) is 11.5. The maximum atomic E-state index is 11.0. The SMILES string of the molecule is CCC(C(N)=O)C(C)[C@H](C)CC. The van der Waals surface area contributed by atoms with Crippen molar-refractivity contribution in [1.82, 2.24) is 0 Å². The molecule has 0 aliphatic heterocycles. The number of amides is 1. The zero-order chi connectivity index (χ0) is 9.72. The highest BCUT2D eigenvalue weighted by molar-refractivity contribution is 5.76. The topological polar surface area (TPSA) is 43.1 Å². The Kier molecular flexibility index (Phi) is 4.95. The molecule has 2 heteroatoms. The fourth-order valence-corrected chi connectivity index (χ4v) is 1.60. The second-order valence-corrected chi connectivity index (χ2v) is 3.66. The van der Waals surface area contributed by atoms with Gasteiger partial charge in [-0.2, -0.15) is 0 Å². The minimum atomic E-state index is -0.148. The largest absolute Gasteiger partial charge is 0.369 e. The van der Waals surface area contributed by atoms with Crippen LogP contribution in [0.15, 0.2) is 0 Å². The van der Waals surface area contributed by atoms with E-state index in [0.717, 1.165) is 12.8 Å². The molecule has 2 nitrogen and oxygen atoms in total. The van der Waals surface area contributed by atoms with E-state index in [0.29, 0.717) is 11.8 Å². The lowest BCUT2D eigenvalue weighted by molar-refractivity contribution is -0.124. The monoisotopic (exact) mass is 171 g/mol. The van der Waals surface area contributed by atoms with Gasteiger partial charge in [0.1, 0.15) is 0 Å². The molecule has 0 saturated carbocycles.